The van der Waals surface area contributed by atoms with Crippen LogP contribution in [0.1, 0.15) is 6.42 Å². The summed E-state index contributed by atoms with van der Waals surface area (Å²) in [6.07, 6.45) is 3.75. The number of amides is 1. The van der Waals surface area contributed by atoms with Gasteiger partial charge in [0, 0.05) is 25.5 Å². The molecule has 1 saturated heterocycles. The van der Waals surface area contributed by atoms with E-state index in [1.54, 1.807) is 11.0 Å². The largest absolute Gasteiger partial charge is 0.417 e. The number of hydrogen-bond donors (Lipinski definition) is 0. The van der Waals surface area contributed by atoms with Gasteiger partial charge in [0.15, 0.2) is 0 Å². The summed E-state index contributed by atoms with van der Waals surface area (Å²) in [7, 11) is 0. The van der Waals surface area contributed by atoms with Gasteiger partial charge in [0.05, 0.1) is 0 Å². The van der Waals surface area contributed by atoms with Crippen molar-refractivity contribution in [2.24, 2.45) is 0 Å². The third-order valence-electron chi connectivity index (χ3n) is 1.83. The first-order valence-corrected chi connectivity index (χ1v) is 4.10. The Morgan fingerprint density at radius 1 is 1.38 bits per heavy atom. The predicted octanol–water partition coefficient (Wildman–Crippen LogP) is 0.681. The van der Waals surface area contributed by atoms with Crippen molar-refractivity contribution in [3.05, 3.63) is 18.5 Å². The number of likely N-dealkylation sites (tertiary alicyclic amines) is 1. The first-order chi connectivity index (χ1) is 6.36. The highest BCUT2D eigenvalue weighted by Gasteiger charge is 2.22. The minimum absolute atomic E-state index is 0.111. The van der Waals surface area contributed by atoms with Crippen LogP contribution in [0.3, 0.4) is 0 Å². The Hall–Kier alpha value is -1.65. The number of nitrogens with zero attached hydrogens (tertiary/aromatic N) is 3. The Morgan fingerprint density at radius 2 is 2.08 bits per heavy atom. The molecule has 68 valence electrons. The Kier molecular flexibility index (Phi) is 2.08. The molecule has 0 aliphatic carbocycles. The molecular weight excluding hydrogens is 170 g/mol. The van der Waals surface area contributed by atoms with E-state index < -0.39 is 0 Å². The van der Waals surface area contributed by atoms with Crippen LogP contribution in [0.5, 0.6) is 6.01 Å². The average Bonchev–Trinajstić information content (AvgIpc) is 2.02. The first-order valence-electron chi connectivity index (χ1n) is 4.10. The fraction of sp³-hybridized carbons (Fsp3) is 0.375. The zero-order valence-electron chi connectivity index (χ0n) is 7.01. The summed E-state index contributed by atoms with van der Waals surface area (Å²) in [4.78, 5) is 20.4. The Morgan fingerprint density at radius 3 is 2.62 bits per heavy atom. The number of carbonyl (C=O) groups excluding carboxylic acids is 1. The second-order valence-electron chi connectivity index (χ2n) is 2.74. The molecule has 1 fully saturated rings. The van der Waals surface area contributed by atoms with Crippen molar-refractivity contribution < 1.29 is 9.53 Å². The van der Waals surface area contributed by atoms with Crippen molar-refractivity contribution in [2.45, 2.75) is 6.42 Å². The highest BCUT2D eigenvalue weighted by Crippen LogP contribution is 2.09. The second-order valence-corrected chi connectivity index (χ2v) is 2.74. The summed E-state index contributed by atoms with van der Waals surface area (Å²) in [5, 5.41) is 0. The maximum absolute atomic E-state index is 11.2. The molecule has 5 heteroatoms. The Labute approximate surface area is 75.4 Å². The lowest BCUT2D eigenvalue weighted by Gasteiger charge is -2.28. The Balaban J connectivity index is 1.94. The lowest BCUT2D eigenvalue weighted by atomic mass is 10.2. The molecule has 1 aliphatic heterocycles. The van der Waals surface area contributed by atoms with Crippen LogP contribution in [-0.4, -0.2) is 34.1 Å². The number of hydrogen-bond acceptors (Lipinski definition) is 4. The minimum atomic E-state index is -0.363. The lowest BCUT2D eigenvalue weighted by Crippen LogP contribution is -2.43. The van der Waals surface area contributed by atoms with Gasteiger partial charge in [0.25, 0.3) is 0 Å². The van der Waals surface area contributed by atoms with E-state index in [-0.39, 0.29) is 12.1 Å². The molecule has 0 unspecified atom stereocenters. The van der Waals surface area contributed by atoms with Crippen LogP contribution < -0.4 is 4.74 Å². The van der Waals surface area contributed by atoms with Gasteiger partial charge in [0.2, 0.25) is 0 Å². The van der Waals surface area contributed by atoms with E-state index in [0.29, 0.717) is 0 Å². The van der Waals surface area contributed by atoms with E-state index in [4.69, 9.17) is 4.74 Å². The molecule has 1 aromatic rings. The second kappa shape index (κ2) is 3.38. The van der Waals surface area contributed by atoms with Gasteiger partial charge in [-0.1, -0.05) is 0 Å². The van der Waals surface area contributed by atoms with Gasteiger partial charge in [-0.3, -0.25) is 0 Å². The van der Waals surface area contributed by atoms with Gasteiger partial charge in [-0.15, -0.1) is 0 Å². The molecule has 0 bridgehead atoms. The first kappa shape index (κ1) is 7.97. The van der Waals surface area contributed by atoms with E-state index in [2.05, 4.69) is 9.97 Å². The number of carbonyl (C=O) groups is 1. The van der Waals surface area contributed by atoms with Gasteiger partial charge in [0.1, 0.15) is 0 Å². The molecule has 1 amide bonds. The van der Waals surface area contributed by atoms with Crippen LogP contribution in [0.2, 0.25) is 0 Å². The van der Waals surface area contributed by atoms with Crippen molar-refractivity contribution in [3.63, 3.8) is 0 Å². The molecule has 5 nitrogen and oxygen atoms in total. The monoisotopic (exact) mass is 179 g/mol. The highest BCUT2D eigenvalue weighted by atomic mass is 16.6. The lowest BCUT2D eigenvalue weighted by molar-refractivity contribution is 0.121. The smallest absolute Gasteiger partial charge is 0.374 e. The van der Waals surface area contributed by atoms with E-state index in [9.17, 15) is 4.79 Å². The van der Waals surface area contributed by atoms with Crippen LogP contribution >= 0.6 is 0 Å². The zero-order chi connectivity index (χ0) is 9.10. The summed E-state index contributed by atoms with van der Waals surface area (Å²) in [5.74, 6) is 0. The molecule has 0 aromatic carbocycles. The molecule has 0 radical (unpaired) electrons. The van der Waals surface area contributed by atoms with E-state index in [1.165, 1.54) is 12.4 Å². The van der Waals surface area contributed by atoms with Crippen LogP contribution in [0, 0.1) is 0 Å². The van der Waals surface area contributed by atoms with Crippen molar-refractivity contribution >= 4 is 6.09 Å². The molecule has 2 heterocycles. The molecule has 1 aromatic heterocycles. The molecule has 1 aliphatic rings. The van der Waals surface area contributed by atoms with Crippen molar-refractivity contribution in [2.75, 3.05) is 13.1 Å². The van der Waals surface area contributed by atoms with Crippen LogP contribution in [0.15, 0.2) is 18.5 Å². The summed E-state index contributed by atoms with van der Waals surface area (Å²) in [6.45, 7) is 1.54. The molecule has 0 saturated carbocycles. The van der Waals surface area contributed by atoms with Crippen LogP contribution in [0.25, 0.3) is 0 Å². The standard InChI is InChI=1S/C8H9N3O2/c12-8(11-5-2-6-11)13-7-9-3-1-4-10-7/h1,3-4H,2,5-6H2. The van der Waals surface area contributed by atoms with Gasteiger partial charge < -0.3 is 9.64 Å². The zero-order valence-corrected chi connectivity index (χ0v) is 7.01. The normalized spacial score (nSPS) is 14.9. The molecule has 13 heavy (non-hydrogen) atoms. The quantitative estimate of drug-likeness (QED) is 0.636. The molecular formula is C8H9N3O2. The van der Waals surface area contributed by atoms with Gasteiger partial charge in [-0.05, 0) is 12.5 Å². The minimum Gasteiger partial charge on any atom is -0.374 e. The maximum atomic E-state index is 11.2. The molecule has 0 atom stereocenters. The van der Waals surface area contributed by atoms with E-state index in [0.717, 1.165) is 19.5 Å². The number of ether oxygens (including phenoxy) is 1. The van der Waals surface area contributed by atoms with Crippen LogP contribution in [-0.2, 0) is 0 Å². The van der Waals surface area contributed by atoms with E-state index >= 15 is 0 Å². The summed E-state index contributed by atoms with van der Waals surface area (Å²) < 4.78 is 4.88. The predicted molar refractivity (Wildman–Crippen MR) is 44.2 cm³/mol. The van der Waals surface area contributed by atoms with E-state index in [1.807, 2.05) is 0 Å². The summed E-state index contributed by atoms with van der Waals surface area (Å²) in [5.41, 5.74) is 0. The van der Waals surface area contributed by atoms with Gasteiger partial charge >= 0.3 is 12.1 Å². The number of aromatic nitrogens is 2. The van der Waals surface area contributed by atoms with Crippen molar-refractivity contribution in [3.8, 4) is 6.01 Å². The van der Waals surface area contributed by atoms with Crippen molar-refractivity contribution in [1.82, 2.24) is 14.9 Å². The van der Waals surface area contributed by atoms with Crippen LogP contribution in [0.4, 0.5) is 4.79 Å². The summed E-state index contributed by atoms with van der Waals surface area (Å²) >= 11 is 0. The topological polar surface area (TPSA) is 55.3 Å². The van der Waals surface area contributed by atoms with Crippen molar-refractivity contribution in [1.29, 1.82) is 0 Å². The fourth-order valence-corrected chi connectivity index (χ4v) is 0.980. The SMILES string of the molecule is O=C(Oc1ncccn1)N1CCC1. The molecule has 2 rings (SSSR count). The third kappa shape index (κ3) is 1.74. The highest BCUT2D eigenvalue weighted by molar-refractivity contribution is 5.70. The van der Waals surface area contributed by atoms with Gasteiger partial charge in [-0.2, -0.15) is 0 Å². The maximum Gasteiger partial charge on any atom is 0.417 e. The molecule has 0 spiro atoms. The molecule has 0 N–H and O–H groups in total. The number of rotatable bonds is 1. The summed E-state index contributed by atoms with van der Waals surface area (Å²) in [6, 6.07) is 1.78. The third-order valence-corrected chi connectivity index (χ3v) is 1.83. The Bertz CT molecular complexity index is 298. The average molecular weight is 179 g/mol. The van der Waals surface area contributed by atoms with Gasteiger partial charge in [-0.25, -0.2) is 14.8 Å². The fourth-order valence-electron chi connectivity index (χ4n) is 0.980.